The average Bonchev–Trinajstić information content (AvgIpc) is 3.17. The average molecular weight is 704 g/mol. The second-order valence-corrected chi connectivity index (χ2v) is 13.6. The summed E-state index contributed by atoms with van der Waals surface area (Å²) in [6.45, 7) is 4.12. The maximum absolute atomic E-state index is 14.5. The summed E-state index contributed by atoms with van der Waals surface area (Å²) >= 11 is 6.42. The standard InChI is InChI=1S/C40H39ClFN7O2/c41-36-8-6-28(21-34(36)30-3-1-15-43-24-30)39(50)47-33-13-19-49(20-14-33)38-10-5-27(23-45-38)26-48-17-11-32(12-18-48)46-40(51)29-7-9-37(42)35(22-29)31-4-2-16-44-25-31/h1-10,15-16,21-25,32-33H,11-14,17-20,26H2,(H,46,51)(H,47,50). The lowest BCUT2D eigenvalue weighted by Crippen LogP contribution is -2.45. The van der Waals surface area contributed by atoms with E-state index in [0.717, 1.165) is 80.9 Å². The van der Waals surface area contributed by atoms with E-state index in [2.05, 4.69) is 42.5 Å². The first-order chi connectivity index (χ1) is 24.9. The van der Waals surface area contributed by atoms with Crippen LogP contribution in [0.4, 0.5) is 10.2 Å². The Bertz CT molecular complexity index is 1970. The highest BCUT2D eigenvalue weighted by Crippen LogP contribution is 2.29. The van der Waals surface area contributed by atoms with E-state index in [1.807, 2.05) is 24.4 Å². The minimum absolute atomic E-state index is 0.0596. The zero-order valence-corrected chi connectivity index (χ0v) is 28.9. The number of halogens is 2. The molecule has 51 heavy (non-hydrogen) atoms. The Labute approximate surface area is 301 Å². The van der Waals surface area contributed by atoms with E-state index in [1.54, 1.807) is 55.1 Å². The quantitative estimate of drug-likeness (QED) is 0.174. The summed E-state index contributed by atoms with van der Waals surface area (Å²) in [7, 11) is 0. The fourth-order valence-electron chi connectivity index (χ4n) is 6.80. The van der Waals surface area contributed by atoms with Gasteiger partial charge in [0.15, 0.2) is 0 Å². The molecule has 2 fully saturated rings. The number of rotatable bonds is 9. The van der Waals surface area contributed by atoms with Gasteiger partial charge in [-0.25, -0.2) is 9.37 Å². The van der Waals surface area contributed by atoms with Crippen molar-refractivity contribution < 1.29 is 14.0 Å². The van der Waals surface area contributed by atoms with E-state index in [4.69, 9.17) is 16.6 Å². The smallest absolute Gasteiger partial charge is 0.251 e. The van der Waals surface area contributed by atoms with Crippen LogP contribution in [0, 0.1) is 5.82 Å². The molecule has 0 bridgehead atoms. The first kappa shape index (κ1) is 34.3. The van der Waals surface area contributed by atoms with Crippen LogP contribution in [-0.4, -0.2) is 69.9 Å². The van der Waals surface area contributed by atoms with Gasteiger partial charge >= 0.3 is 0 Å². The molecule has 2 N–H and O–H groups in total. The highest BCUT2D eigenvalue weighted by atomic mass is 35.5. The van der Waals surface area contributed by atoms with E-state index < -0.39 is 0 Å². The van der Waals surface area contributed by atoms with Crippen molar-refractivity contribution in [2.24, 2.45) is 0 Å². The fourth-order valence-corrected chi connectivity index (χ4v) is 7.03. The van der Waals surface area contributed by atoms with Crippen LogP contribution in [0.25, 0.3) is 22.3 Å². The van der Waals surface area contributed by atoms with Crippen LogP contribution in [0.15, 0.2) is 104 Å². The molecule has 260 valence electrons. The van der Waals surface area contributed by atoms with Gasteiger partial charge in [-0.2, -0.15) is 0 Å². The number of likely N-dealkylation sites (tertiary alicyclic amines) is 1. The maximum Gasteiger partial charge on any atom is 0.251 e. The van der Waals surface area contributed by atoms with E-state index in [0.29, 0.717) is 27.3 Å². The molecule has 0 radical (unpaired) electrons. The number of carbonyl (C=O) groups is 2. The third-order valence-electron chi connectivity index (χ3n) is 9.69. The van der Waals surface area contributed by atoms with Crippen LogP contribution in [0.5, 0.6) is 0 Å². The zero-order valence-electron chi connectivity index (χ0n) is 28.1. The Morgan fingerprint density at radius 3 is 1.90 bits per heavy atom. The number of piperidine rings is 2. The fraction of sp³-hybridized carbons (Fsp3) is 0.275. The Hall–Kier alpha value is -5.19. The van der Waals surface area contributed by atoms with Crippen molar-refractivity contribution in [3.63, 3.8) is 0 Å². The number of nitrogens with zero attached hydrogens (tertiary/aromatic N) is 5. The first-order valence-corrected chi connectivity index (χ1v) is 17.7. The third kappa shape index (κ3) is 8.41. The van der Waals surface area contributed by atoms with E-state index in [9.17, 15) is 14.0 Å². The summed E-state index contributed by atoms with van der Waals surface area (Å²) in [5, 5.41) is 6.93. The van der Waals surface area contributed by atoms with Crippen molar-refractivity contribution >= 4 is 29.2 Å². The lowest BCUT2D eigenvalue weighted by atomic mass is 10.0. The highest BCUT2D eigenvalue weighted by molar-refractivity contribution is 6.33. The number of hydrogen-bond donors (Lipinski definition) is 2. The molecule has 0 aliphatic carbocycles. The molecule has 0 atom stereocenters. The lowest BCUT2D eigenvalue weighted by molar-refractivity contribution is 0.0906. The first-order valence-electron chi connectivity index (χ1n) is 17.3. The second-order valence-electron chi connectivity index (χ2n) is 13.2. The molecule has 2 aliphatic heterocycles. The predicted octanol–water partition coefficient (Wildman–Crippen LogP) is 6.79. The molecular weight excluding hydrogens is 665 g/mol. The molecule has 0 saturated carbocycles. The third-order valence-corrected chi connectivity index (χ3v) is 10.0. The highest BCUT2D eigenvalue weighted by Gasteiger charge is 2.24. The van der Waals surface area contributed by atoms with E-state index in [-0.39, 0.29) is 29.7 Å². The van der Waals surface area contributed by atoms with Gasteiger partial charge in [-0.05, 0) is 85.8 Å². The van der Waals surface area contributed by atoms with E-state index >= 15 is 0 Å². The zero-order chi connectivity index (χ0) is 35.2. The van der Waals surface area contributed by atoms with Gasteiger partial charge in [0.2, 0.25) is 0 Å². The summed E-state index contributed by atoms with van der Waals surface area (Å²) in [4.78, 5) is 43.8. The van der Waals surface area contributed by atoms with Crippen molar-refractivity contribution in [3.8, 4) is 22.3 Å². The summed E-state index contributed by atoms with van der Waals surface area (Å²) in [6.07, 6.45) is 12.0. The normalized spacial score (nSPS) is 15.8. The number of pyridine rings is 3. The number of anilines is 1. The van der Waals surface area contributed by atoms with Gasteiger partial charge in [-0.1, -0.05) is 29.8 Å². The molecule has 2 amide bonds. The van der Waals surface area contributed by atoms with Gasteiger partial charge in [-0.3, -0.25) is 24.5 Å². The molecule has 0 spiro atoms. The van der Waals surface area contributed by atoms with Gasteiger partial charge in [-0.15, -0.1) is 0 Å². The topological polar surface area (TPSA) is 103 Å². The molecule has 5 aromatic rings. The molecule has 2 aromatic carbocycles. The van der Waals surface area contributed by atoms with Crippen LogP contribution in [-0.2, 0) is 6.54 Å². The molecule has 11 heteroatoms. The molecule has 3 aromatic heterocycles. The number of benzene rings is 2. The van der Waals surface area contributed by atoms with Crippen LogP contribution in [0.3, 0.4) is 0 Å². The second kappa shape index (κ2) is 15.8. The number of aromatic nitrogens is 3. The number of nitrogens with one attached hydrogen (secondary N) is 2. The number of amides is 2. The summed E-state index contributed by atoms with van der Waals surface area (Å²) < 4.78 is 14.5. The van der Waals surface area contributed by atoms with Crippen molar-refractivity contribution in [3.05, 3.63) is 131 Å². The van der Waals surface area contributed by atoms with Crippen molar-refractivity contribution in [1.29, 1.82) is 0 Å². The van der Waals surface area contributed by atoms with Crippen LogP contribution < -0.4 is 15.5 Å². The van der Waals surface area contributed by atoms with Crippen LogP contribution in [0.1, 0.15) is 52.0 Å². The van der Waals surface area contributed by atoms with Crippen LogP contribution >= 0.6 is 11.6 Å². The lowest BCUT2D eigenvalue weighted by Gasteiger charge is -2.34. The predicted molar refractivity (Wildman–Crippen MR) is 197 cm³/mol. The van der Waals surface area contributed by atoms with Gasteiger partial charge in [0, 0.05) is 114 Å². The van der Waals surface area contributed by atoms with Crippen molar-refractivity contribution in [2.75, 3.05) is 31.1 Å². The van der Waals surface area contributed by atoms with Crippen molar-refractivity contribution in [2.45, 2.75) is 44.3 Å². The van der Waals surface area contributed by atoms with Crippen LogP contribution in [0.2, 0.25) is 5.02 Å². The van der Waals surface area contributed by atoms with Gasteiger partial charge in [0.25, 0.3) is 11.8 Å². The number of carbonyl (C=O) groups excluding carboxylic acids is 2. The minimum Gasteiger partial charge on any atom is -0.356 e. The Balaban J connectivity index is 0.853. The van der Waals surface area contributed by atoms with E-state index in [1.165, 1.54) is 12.1 Å². The number of hydrogen-bond acceptors (Lipinski definition) is 7. The summed E-state index contributed by atoms with van der Waals surface area (Å²) in [6, 6.07) is 21.5. The minimum atomic E-state index is -0.382. The molecule has 2 aliphatic rings. The van der Waals surface area contributed by atoms with Gasteiger partial charge in [0.05, 0.1) is 0 Å². The molecule has 5 heterocycles. The molecule has 2 saturated heterocycles. The Morgan fingerprint density at radius 1 is 0.725 bits per heavy atom. The molecular formula is C40H39ClFN7O2. The Morgan fingerprint density at radius 2 is 1.31 bits per heavy atom. The van der Waals surface area contributed by atoms with Crippen molar-refractivity contribution in [1.82, 2.24) is 30.5 Å². The molecule has 0 unspecified atom stereocenters. The van der Waals surface area contributed by atoms with Gasteiger partial charge < -0.3 is 15.5 Å². The largest absolute Gasteiger partial charge is 0.356 e. The molecule has 9 nitrogen and oxygen atoms in total. The Kier molecular flexibility index (Phi) is 10.6. The van der Waals surface area contributed by atoms with Gasteiger partial charge in [0.1, 0.15) is 11.6 Å². The molecule has 7 rings (SSSR count). The summed E-state index contributed by atoms with van der Waals surface area (Å²) in [5.41, 5.74) is 4.82. The SMILES string of the molecule is O=C(NC1CCN(Cc2ccc(N3CCC(NC(=O)c4ccc(Cl)c(-c5cccnc5)c4)CC3)nc2)CC1)c1ccc(F)c(-c2cccnc2)c1. The maximum atomic E-state index is 14.5. The summed E-state index contributed by atoms with van der Waals surface area (Å²) in [5.74, 6) is 0.262. The monoisotopic (exact) mass is 703 g/mol.